The molecule has 0 bridgehead atoms. The summed E-state index contributed by atoms with van der Waals surface area (Å²) in [5.74, 6) is -1.47. The molecule has 57 heavy (non-hydrogen) atoms. The Morgan fingerprint density at radius 3 is 1.11 bits per heavy atom. The van der Waals surface area contributed by atoms with Gasteiger partial charge in [-0.3, -0.25) is 0 Å². The predicted octanol–water partition coefficient (Wildman–Crippen LogP) is 14.4. The number of aryl methyl sites for hydroxylation is 2. The molecule has 7 heteroatoms. The zero-order chi connectivity index (χ0) is 39.5. The van der Waals surface area contributed by atoms with Crippen LogP contribution in [0.4, 0.5) is 40.3 Å². The zero-order valence-corrected chi connectivity index (χ0v) is 34.8. The van der Waals surface area contributed by atoms with E-state index < -0.39 is 23.3 Å². The van der Waals surface area contributed by atoms with Crippen LogP contribution < -0.4 is 9.80 Å². The minimum Gasteiger partial charge on any atom is -0.392 e. The molecule has 8 rings (SSSR count). The normalized spacial score (nSPS) is 14.0. The number of benzene rings is 4. The third kappa shape index (κ3) is 15.1. The molecule has 296 valence electrons. The van der Waals surface area contributed by atoms with Crippen molar-refractivity contribution in [1.82, 2.24) is 0 Å². The smallest absolute Gasteiger partial charge is 0.392 e. The number of nitrogens with zero attached hydrogens (tertiary/aromatic N) is 2. The fourth-order valence-electron chi connectivity index (χ4n) is 7.32. The Labute approximate surface area is 353 Å². The Hall–Kier alpha value is -4.39. The van der Waals surface area contributed by atoms with E-state index in [0.29, 0.717) is 23.2 Å². The summed E-state index contributed by atoms with van der Waals surface area (Å²) in [4.78, 5) is 3.95. The Morgan fingerprint density at radius 2 is 0.825 bits per heavy atom. The third-order valence-electron chi connectivity index (χ3n) is 10.4. The molecular weight excluding hydrogens is 752 g/mol. The van der Waals surface area contributed by atoms with Gasteiger partial charge in [-0.05, 0) is 87.0 Å². The van der Waals surface area contributed by atoms with E-state index in [1.54, 1.807) is 0 Å². The maximum Gasteiger partial charge on any atom is 4.00 e. The number of halogens is 4. The molecule has 0 atom stereocenters. The van der Waals surface area contributed by atoms with Gasteiger partial charge in [0.1, 0.15) is 0 Å². The summed E-state index contributed by atoms with van der Waals surface area (Å²) in [6.45, 7) is 5.59. The average Bonchev–Trinajstić information content (AvgIpc) is 4.00. The van der Waals surface area contributed by atoms with Crippen molar-refractivity contribution in [3.8, 4) is 0 Å². The minimum absolute atomic E-state index is 0. The molecule has 0 saturated heterocycles. The molecule has 6 aromatic rings. The summed E-state index contributed by atoms with van der Waals surface area (Å²) in [6, 6.07) is 46.0. The molecular formula is C50H54F4N2Ti. The SMILES string of the molecule is Cc1ccc(N(CC2CCCCC2)c2ccc(F)[c-]c2F)cc1.Cc1ccc(N(CC2CCCCC2)c2ccc(F)[c-]c2F)cc1.[Ti+4].c1cc[cH-]c1.c1cc[cH-]c1. The molecule has 0 unspecified atom stereocenters. The molecule has 6 aromatic carbocycles. The van der Waals surface area contributed by atoms with Gasteiger partial charge in [0.05, 0.1) is 0 Å². The van der Waals surface area contributed by atoms with Gasteiger partial charge in [-0.25, -0.2) is 41.8 Å². The van der Waals surface area contributed by atoms with E-state index >= 15 is 0 Å². The number of rotatable bonds is 8. The van der Waals surface area contributed by atoms with E-state index in [9.17, 15) is 17.6 Å². The Bertz CT molecular complexity index is 1750. The van der Waals surface area contributed by atoms with E-state index in [-0.39, 0.29) is 21.7 Å². The fraction of sp³-hybridized carbons (Fsp3) is 0.320. The van der Waals surface area contributed by atoms with Crippen molar-refractivity contribution in [3.05, 3.63) is 180 Å². The van der Waals surface area contributed by atoms with Gasteiger partial charge in [-0.1, -0.05) is 73.9 Å². The van der Waals surface area contributed by atoms with Gasteiger partial charge in [-0.15, -0.1) is 36.4 Å². The van der Waals surface area contributed by atoms with Crippen LogP contribution in [0.3, 0.4) is 0 Å². The first-order chi connectivity index (χ1) is 27.3. The van der Waals surface area contributed by atoms with Crippen molar-refractivity contribution in [2.75, 3.05) is 22.9 Å². The monoisotopic (exact) mass is 806 g/mol. The molecule has 2 aliphatic rings. The summed E-state index contributed by atoms with van der Waals surface area (Å²) in [5, 5.41) is 0. The van der Waals surface area contributed by atoms with Gasteiger partial charge in [0.15, 0.2) is 0 Å². The van der Waals surface area contributed by atoms with Crippen molar-refractivity contribution >= 4 is 22.7 Å². The average molecular weight is 807 g/mol. The van der Waals surface area contributed by atoms with Gasteiger partial charge >= 0.3 is 21.7 Å². The first-order valence-corrected chi connectivity index (χ1v) is 20.0. The van der Waals surface area contributed by atoms with E-state index in [4.69, 9.17) is 0 Å². The van der Waals surface area contributed by atoms with Crippen LogP contribution in [0.5, 0.6) is 0 Å². The fourth-order valence-corrected chi connectivity index (χ4v) is 7.32. The summed E-state index contributed by atoms with van der Waals surface area (Å²) in [5.41, 5.74) is 5.02. The second kappa shape index (κ2) is 24.4. The predicted molar refractivity (Wildman–Crippen MR) is 224 cm³/mol. The maximum absolute atomic E-state index is 14.3. The number of hydrogen-bond donors (Lipinski definition) is 0. The van der Waals surface area contributed by atoms with Gasteiger partial charge < -0.3 is 9.80 Å². The molecule has 0 amide bonds. The van der Waals surface area contributed by atoms with Gasteiger partial charge in [0, 0.05) is 47.7 Å². The van der Waals surface area contributed by atoms with Crippen LogP contribution >= 0.6 is 0 Å². The Balaban J connectivity index is 0.000000200. The van der Waals surface area contributed by atoms with E-state index in [1.165, 1.54) is 88.5 Å². The Morgan fingerprint density at radius 1 is 0.491 bits per heavy atom. The van der Waals surface area contributed by atoms with Crippen LogP contribution in [0.25, 0.3) is 0 Å². The second-order valence-electron chi connectivity index (χ2n) is 14.8. The van der Waals surface area contributed by atoms with Gasteiger partial charge in [-0.2, -0.15) is 36.4 Å². The zero-order valence-electron chi connectivity index (χ0n) is 33.2. The number of anilines is 4. The topological polar surface area (TPSA) is 6.48 Å². The summed E-state index contributed by atoms with van der Waals surface area (Å²) in [7, 11) is 0. The Kier molecular flexibility index (Phi) is 19.4. The third-order valence-corrected chi connectivity index (χ3v) is 10.4. The van der Waals surface area contributed by atoms with Crippen molar-refractivity contribution in [1.29, 1.82) is 0 Å². The standard InChI is InChI=1S/2C20H22F2N.2C5H5.Ti/c2*1-15-7-10-18(11-8-15)23(14-16-5-3-2-4-6-16)20-12-9-17(21)13-19(20)22;2*1-2-4-5-3-1;/h2*7-12,16H,2-6,14H2,1H3;2*1-5H;/q4*-1;+4. The molecule has 2 saturated carbocycles. The van der Waals surface area contributed by atoms with Crippen molar-refractivity contribution in [3.63, 3.8) is 0 Å². The van der Waals surface area contributed by atoms with Crippen LogP contribution in [-0.4, -0.2) is 13.1 Å². The molecule has 2 fully saturated rings. The van der Waals surface area contributed by atoms with E-state index in [2.05, 4.69) is 12.1 Å². The molecule has 0 N–H and O–H groups in total. The summed E-state index contributed by atoms with van der Waals surface area (Å²) in [6.07, 6.45) is 12.2. The van der Waals surface area contributed by atoms with E-state index in [1.807, 2.05) is 133 Å². The molecule has 2 nitrogen and oxygen atoms in total. The van der Waals surface area contributed by atoms with Crippen LogP contribution in [-0.2, 0) is 21.7 Å². The first-order valence-electron chi connectivity index (χ1n) is 20.0. The van der Waals surface area contributed by atoms with Gasteiger partial charge in [0.25, 0.3) is 0 Å². The molecule has 0 spiro atoms. The molecule has 0 aromatic heterocycles. The molecule has 0 radical (unpaired) electrons. The van der Waals surface area contributed by atoms with Crippen LogP contribution in [0.1, 0.15) is 75.3 Å². The van der Waals surface area contributed by atoms with Gasteiger partial charge in [0.2, 0.25) is 0 Å². The van der Waals surface area contributed by atoms with Crippen LogP contribution in [0.2, 0.25) is 0 Å². The first kappa shape index (κ1) is 45.3. The summed E-state index contributed by atoms with van der Waals surface area (Å²) < 4.78 is 55.0. The molecule has 0 heterocycles. The largest absolute Gasteiger partial charge is 4.00 e. The number of hydrogen-bond acceptors (Lipinski definition) is 2. The molecule has 0 aliphatic heterocycles. The van der Waals surface area contributed by atoms with E-state index in [0.717, 1.165) is 35.6 Å². The minimum atomic E-state index is -0.659. The maximum atomic E-state index is 14.3. The van der Waals surface area contributed by atoms with Crippen LogP contribution in [0.15, 0.2) is 133 Å². The van der Waals surface area contributed by atoms with Crippen molar-refractivity contribution in [2.24, 2.45) is 11.8 Å². The van der Waals surface area contributed by atoms with Crippen molar-refractivity contribution in [2.45, 2.75) is 78.1 Å². The second-order valence-corrected chi connectivity index (χ2v) is 14.8. The molecule has 2 aliphatic carbocycles. The quantitative estimate of drug-likeness (QED) is 0.0859. The summed E-state index contributed by atoms with van der Waals surface area (Å²) >= 11 is 0. The van der Waals surface area contributed by atoms with Crippen molar-refractivity contribution < 1.29 is 39.3 Å². The van der Waals surface area contributed by atoms with Crippen LogP contribution in [0, 0.1) is 61.1 Å².